The van der Waals surface area contributed by atoms with Crippen molar-refractivity contribution >= 4 is 34.9 Å². The van der Waals surface area contributed by atoms with E-state index in [1.54, 1.807) is 6.92 Å². The van der Waals surface area contributed by atoms with E-state index in [-0.39, 0.29) is 16.3 Å². The van der Waals surface area contributed by atoms with Crippen LogP contribution < -0.4 is 5.73 Å². The second kappa shape index (κ2) is 3.44. The minimum atomic E-state index is -1.11. The van der Waals surface area contributed by atoms with Gasteiger partial charge in [0.2, 0.25) is 0 Å². The fraction of sp³-hybridized carbons (Fsp3) is 0.125. The van der Waals surface area contributed by atoms with Crippen molar-refractivity contribution in [3.05, 3.63) is 27.2 Å². The summed E-state index contributed by atoms with van der Waals surface area (Å²) in [7, 11) is 0. The molecule has 3 nitrogen and oxygen atoms in total. The van der Waals surface area contributed by atoms with Gasteiger partial charge >= 0.3 is 5.97 Å². The first-order chi connectivity index (χ1) is 5.95. The first-order valence-corrected chi connectivity index (χ1v) is 4.18. The molecule has 0 fully saturated rings. The lowest BCUT2D eigenvalue weighted by atomic mass is 10.1. The third kappa shape index (κ3) is 1.71. The summed E-state index contributed by atoms with van der Waals surface area (Å²) in [6.07, 6.45) is 0. The second-order valence-corrected chi connectivity index (χ2v) is 3.33. The number of benzene rings is 1. The van der Waals surface area contributed by atoms with Crippen molar-refractivity contribution in [3.8, 4) is 0 Å². The number of hydrogen-bond acceptors (Lipinski definition) is 2. The van der Waals surface area contributed by atoms with E-state index in [0.717, 1.165) is 0 Å². The first-order valence-electron chi connectivity index (χ1n) is 3.42. The monoisotopic (exact) mass is 219 g/mol. The van der Waals surface area contributed by atoms with Crippen LogP contribution in [-0.4, -0.2) is 11.1 Å². The van der Waals surface area contributed by atoms with E-state index < -0.39 is 5.97 Å². The maximum atomic E-state index is 10.7. The molecule has 0 aliphatic rings. The van der Waals surface area contributed by atoms with E-state index in [1.165, 1.54) is 6.07 Å². The zero-order valence-corrected chi connectivity index (χ0v) is 8.28. The van der Waals surface area contributed by atoms with Gasteiger partial charge in [-0.2, -0.15) is 0 Å². The molecule has 0 unspecified atom stereocenters. The lowest BCUT2D eigenvalue weighted by Crippen LogP contribution is -2.01. The quantitative estimate of drug-likeness (QED) is 0.715. The Hall–Kier alpha value is -0.930. The molecule has 0 amide bonds. The van der Waals surface area contributed by atoms with E-state index in [1.807, 2.05) is 0 Å². The van der Waals surface area contributed by atoms with Gasteiger partial charge in [-0.1, -0.05) is 23.2 Å². The molecule has 0 spiro atoms. The predicted molar refractivity (Wildman–Crippen MR) is 52.6 cm³/mol. The van der Waals surface area contributed by atoms with Crippen LogP contribution in [0.15, 0.2) is 6.07 Å². The number of carbonyl (C=O) groups is 1. The number of aromatic carboxylic acids is 1. The number of anilines is 1. The van der Waals surface area contributed by atoms with Crippen LogP contribution >= 0.6 is 23.2 Å². The lowest BCUT2D eigenvalue weighted by molar-refractivity contribution is 0.0697. The van der Waals surface area contributed by atoms with Crippen LogP contribution in [0.3, 0.4) is 0 Å². The molecule has 0 radical (unpaired) electrons. The number of nitrogens with two attached hydrogens (primary N) is 1. The molecule has 1 rings (SSSR count). The zero-order chi connectivity index (χ0) is 10.2. The van der Waals surface area contributed by atoms with Crippen LogP contribution in [0.25, 0.3) is 0 Å². The van der Waals surface area contributed by atoms with E-state index >= 15 is 0 Å². The molecule has 70 valence electrons. The summed E-state index contributed by atoms with van der Waals surface area (Å²) >= 11 is 11.5. The minimum Gasteiger partial charge on any atom is -0.478 e. The highest BCUT2D eigenvalue weighted by molar-refractivity contribution is 6.39. The van der Waals surface area contributed by atoms with Crippen LogP contribution in [0.1, 0.15) is 15.9 Å². The summed E-state index contributed by atoms with van der Waals surface area (Å²) in [6, 6.07) is 1.25. The largest absolute Gasteiger partial charge is 0.478 e. The maximum Gasteiger partial charge on any atom is 0.337 e. The summed E-state index contributed by atoms with van der Waals surface area (Å²) < 4.78 is 0. The highest BCUT2D eigenvalue weighted by Gasteiger charge is 2.15. The molecule has 5 heteroatoms. The second-order valence-electron chi connectivity index (χ2n) is 2.57. The van der Waals surface area contributed by atoms with Crippen LogP contribution in [0.4, 0.5) is 5.69 Å². The Balaban J connectivity index is 3.50. The van der Waals surface area contributed by atoms with Gasteiger partial charge in [0.25, 0.3) is 0 Å². The number of hydrogen-bond donors (Lipinski definition) is 2. The fourth-order valence-corrected chi connectivity index (χ4v) is 1.38. The van der Waals surface area contributed by atoms with Gasteiger partial charge in [-0.15, -0.1) is 0 Å². The summed E-state index contributed by atoms with van der Waals surface area (Å²) in [5.74, 6) is -1.11. The average molecular weight is 220 g/mol. The molecule has 0 saturated heterocycles. The Labute approximate surface area is 85.1 Å². The molecule has 3 N–H and O–H groups in total. The average Bonchev–Trinajstić information content (AvgIpc) is 2.07. The van der Waals surface area contributed by atoms with Gasteiger partial charge in [-0.3, -0.25) is 0 Å². The Morgan fingerprint density at radius 3 is 2.46 bits per heavy atom. The molecule has 0 aliphatic heterocycles. The van der Waals surface area contributed by atoms with E-state index in [0.29, 0.717) is 10.6 Å². The summed E-state index contributed by atoms with van der Waals surface area (Å²) in [4.78, 5) is 10.7. The summed E-state index contributed by atoms with van der Waals surface area (Å²) in [5.41, 5.74) is 6.16. The van der Waals surface area contributed by atoms with Crippen molar-refractivity contribution in [2.24, 2.45) is 0 Å². The van der Waals surface area contributed by atoms with Crippen molar-refractivity contribution in [2.45, 2.75) is 6.92 Å². The van der Waals surface area contributed by atoms with Gasteiger partial charge in [0.05, 0.1) is 21.3 Å². The Morgan fingerprint density at radius 2 is 2.00 bits per heavy atom. The molecule has 0 aromatic heterocycles. The summed E-state index contributed by atoms with van der Waals surface area (Å²) in [5, 5.41) is 9.15. The Bertz CT molecular complexity index is 377. The van der Waals surface area contributed by atoms with Crippen LogP contribution in [-0.2, 0) is 0 Å². The Kier molecular flexibility index (Phi) is 2.68. The van der Waals surface area contributed by atoms with Crippen molar-refractivity contribution in [3.63, 3.8) is 0 Å². The van der Waals surface area contributed by atoms with Crippen molar-refractivity contribution in [1.29, 1.82) is 0 Å². The van der Waals surface area contributed by atoms with Gasteiger partial charge in [-0.25, -0.2) is 4.79 Å². The number of carboxylic acid groups (broad SMARTS) is 1. The van der Waals surface area contributed by atoms with Crippen LogP contribution in [0, 0.1) is 6.92 Å². The summed E-state index contributed by atoms with van der Waals surface area (Å²) in [6.45, 7) is 1.62. The SMILES string of the molecule is Cc1c(Cl)c(N)cc(C(=O)O)c1Cl. The maximum absolute atomic E-state index is 10.7. The predicted octanol–water partition coefficient (Wildman–Crippen LogP) is 2.58. The van der Waals surface area contributed by atoms with Gasteiger partial charge in [-0.05, 0) is 18.6 Å². The van der Waals surface area contributed by atoms with Crippen LogP contribution in [0.5, 0.6) is 0 Å². The zero-order valence-electron chi connectivity index (χ0n) is 6.77. The molecule has 0 heterocycles. The molecular formula is C8H7Cl2NO2. The van der Waals surface area contributed by atoms with Gasteiger partial charge in [0, 0.05) is 0 Å². The van der Waals surface area contributed by atoms with Crippen LogP contribution in [0.2, 0.25) is 10.0 Å². The van der Waals surface area contributed by atoms with E-state index in [9.17, 15) is 4.79 Å². The molecule has 13 heavy (non-hydrogen) atoms. The highest BCUT2D eigenvalue weighted by Crippen LogP contribution is 2.32. The number of rotatable bonds is 1. The van der Waals surface area contributed by atoms with Crippen molar-refractivity contribution in [1.82, 2.24) is 0 Å². The fourth-order valence-electron chi connectivity index (χ4n) is 0.953. The van der Waals surface area contributed by atoms with Crippen molar-refractivity contribution < 1.29 is 9.90 Å². The number of nitrogen functional groups attached to an aromatic ring is 1. The molecule has 0 bridgehead atoms. The Morgan fingerprint density at radius 1 is 1.46 bits per heavy atom. The molecule has 1 aromatic carbocycles. The molecule has 1 aromatic rings. The molecule has 0 saturated carbocycles. The first kappa shape index (κ1) is 10.2. The van der Waals surface area contributed by atoms with E-state index in [4.69, 9.17) is 34.0 Å². The molecular weight excluding hydrogens is 213 g/mol. The minimum absolute atomic E-state index is 0.0268. The third-order valence-electron chi connectivity index (χ3n) is 1.68. The van der Waals surface area contributed by atoms with Crippen molar-refractivity contribution in [2.75, 3.05) is 5.73 Å². The van der Waals surface area contributed by atoms with Gasteiger partial charge in [0.15, 0.2) is 0 Å². The van der Waals surface area contributed by atoms with Gasteiger partial charge in [0.1, 0.15) is 0 Å². The topological polar surface area (TPSA) is 63.3 Å². The molecule has 0 atom stereocenters. The standard InChI is InChI=1S/C8H7Cl2NO2/c1-3-6(9)4(8(12)13)2-5(11)7(3)10/h2H,11H2,1H3,(H,12,13). The normalized spacial score (nSPS) is 10.1. The third-order valence-corrected chi connectivity index (χ3v) is 2.67. The smallest absolute Gasteiger partial charge is 0.337 e. The molecule has 0 aliphatic carbocycles. The highest BCUT2D eigenvalue weighted by atomic mass is 35.5. The van der Waals surface area contributed by atoms with Gasteiger partial charge < -0.3 is 10.8 Å². The lowest BCUT2D eigenvalue weighted by Gasteiger charge is -2.07. The number of halogens is 2. The van der Waals surface area contributed by atoms with E-state index in [2.05, 4.69) is 0 Å². The number of carboxylic acids is 1.